The van der Waals surface area contributed by atoms with Crippen LogP contribution in [0.3, 0.4) is 0 Å². The molecule has 2 N–H and O–H groups in total. The van der Waals surface area contributed by atoms with E-state index < -0.39 is 16.2 Å². The van der Waals surface area contributed by atoms with Crippen molar-refractivity contribution >= 4 is 21.9 Å². The Labute approximate surface area is 110 Å². The number of nitrogens with zero attached hydrogens (tertiary/aromatic N) is 2. The summed E-state index contributed by atoms with van der Waals surface area (Å²) in [5.41, 5.74) is -0.201. The Morgan fingerprint density at radius 2 is 2.11 bits per heavy atom. The molecule has 0 radical (unpaired) electrons. The van der Waals surface area contributed by atoms with Crippen molar-refractivity contribution in [1.82, 2.24) is 9.29 Å². The lowest BCUT2D eigenvalue weighted by atomic mass is 10.2. The molecule has 0 saturated carbocycles. The van der Waals surface area contributed by atoms with Crippen LogP contribution in [-0.2, 0) is 14.9 Å². The number of ether oxygens (including phenoxy) is 1. The summed E-state index contributed by atoms with van der Waals surface area (Å²) in [5, 5.41) is 8.98. The van der Waals surface area contributed by atoms with Crippen molar-refractivity contribution < 1.29 is 23.1 Å². The minimum absolute atomic E-state index is 0.0542. The zero-order valence-corrected chi connectivity index (χ0v) is 10.8. The van der Waals surface area contributed by atoms with Crippen molar-refractivity contribution in [1.29, 1.82) is 0 Å². The highest BCUT2D eigenvalue weighted by Gasteiger charge is 2.25. The Morgan fingerprint density at radius 1 is 1.42 bits per heavy atom. The summed E-state index contributed by atoms with van der Waals surface area (Å²) < 4.78 is 32.6. The van der Waals surface area contributed by atoms with E-state index in [9.17, 15) is 13.2 Å². The maximum atomic E-state index is 12.1. The molecular weight excluding hydrogens is 274 g/mol. The van der Waals surface area contributed by atoms with Gasteiger partial charge >= 0.3 is 16.2 Å². The van der Waals surface area contributed by atoms with Gasteiger partial charge in [-0.05, 0) is 6.07 Å². The van der Waals surface area contributed by atoms with E-state index in [-0.39, 0.29) is 24.3 Å². The SMILES string of the molecule is O=C(O)c1ccncc1NS(=O)(=O)N1CCOCC1. The average Bonchev–Trinajstić information content (AvgIpc) is 2.39. The Kier molecular flexibility index (Phi) is 3.98. The number of aromatic nitrogens is 1. The second-order valence-corrected chi connectivity index (χ2v) is 5.52. The summed E-state index contributed by atoms with van der Waals surface area (Å²) in [5.74, 6) is -1.22. The van der Waals surface area contributed by atoms with E-state index in [1.165, 1.54) is 22.8 Å². The lowest BCUT2D eigenvalue weighted by molar-refractivity contribution is 0.0697. The van der Waals surface area contributed by atoms with Gasteiger partial charge in [0.1, 0.15) is 0 Å². The third-order valence-electron chi connectivity index (χ3n) is 2.60. The predicted molar refractivity (Wildman–Crippen MR) is 66.1 cm³/mol. The van der Waals surface area contributed by atoms with Crippen molar-refractivity contribution in [2.24, 2.45) is 0 Å². The van der Waals surface area contributed by atoms with Crippen molar-refractivity contribution in [3.8, 4) is 0 Å². The van der Waals surface area contributed by atoms with Crippen molar-refractivity contribution in [3.63, 3.8) is 0 Å². The fourth-order valence-corrected chi connectivity index (χ4v) is 2.85. The summed E-state index contributed by atoms with van der Waals surface area (Å²) in [7, 11) is -3.79. The Morgan fingerprint density at radius 3 is 2.74 bits per heavy atom. The molecule has 0 aliphatic carbocycles. The maximum absolute atomic E-state index is 12.1. The minimum Gasteiger partial charge on any atom is -0.478 e. The van der Waals surface area contributed by atoms with Gasteiger partial charge in [-0.3, -0.25) is 9.71 Å². The van der Waals surface area contributed by atoms with Gasteiger partial charge in [0, 0.05) is 19.3 Å². The molecule has 1 aliphatic heterocycles. The zero-order chi connectivity index (χ0) is 13.9. The predicted octanol–water partition coefficient (Wildman–Crippen LogP) is -0.231. The van der Waals surface area contributed by atoms with E-state index in [0.717, 1.165) is 0 Å². The van der Waals surface area contributed by atoms with Crippen LogP contribution in [0.4, 0.5) is 5.69 Å². The average molecular weight is 287 g/mol. The van der Waals surface area contributed by atoms with Gasteiger partial charge in [-0.15, -0.1) is 0 Å². The summed E-state index contributed by atoms with van der Waals surface area (Å²) in [4.78, 5) is 14.7. The highest BCUT2D eigenvalue weighted by atomic mass is 32.2. The topological polar surface area (TPSA) is 109 Å². The van der Waals surface area contributed by atoms with Crippen LogP contribution in [0.15, 0.2) is 18.5 Å². The van der Waals surface area contributed by atoms with Crippen molar-refractivity contribution in [2.45, 2.75) is 0 Å². The number of carboxylic acids is 1. The van der Waals surface area contributed by atoms with Crippen LogP contribution in [0.1, 0.15) is 10.4 Å². The molecular formula is C10H13N3O5S. The molecule has 1 fully saturated rings. The minimum atomic E-state index is -3.79. The van der Waals surface area contributed by atoms with Crippen LogP contribution in [-0.4, -0.2) is 55.1 Å². The van der Waals surface area contributed by atoms with Crippen LogP contribution in [0.2, 0.25) is 0 Å². The molecule has 0 spiro atoms. The Balaban J connectivity index is 2.22. The third kappa shape index (κ3) is 3.19. The van der Waals surface area contributed by atoms with Crippen LogP contribution >= 0.6 is 0 Å². The zero-order valence-electron chi connectivity index (χ0n) is 9.94. The number of hydrogen-bond donors (Lipinski definition) is 2. The highest BCUT2D eigenvalue weighted by molar-refractivity contribution is 7.90. The van der Waals surface area contributed by atoms with E-state index in [4.69, 9.17) is 9.84 Å². The molecule has 104 valence electrons. The van der Waals surface area contributed by atoms with Gasteiger partial charge in [0.05, 0.1) is 30.7 Å². The number of nitrogens with one attached hydrogen (secondary N) is 1. The van der Waals surface area contributed by atoms with Gasteiger partial charge in [-0.25, -0.2) is 4.79 Å². The molecule has 2 heterocycles. The lowest BCUT2D eigenvalue weighted by Crippen LogP contribution is -2.43. The fraction of sp³-hybridized carbons (Fsp3) is 0.400. The van der Waals surface area contributed by atoms with Gasteiger partial charge in [-0.2, -0.15) is 12.7 Å². The molecule has 1 aromatic rings. The van der Waals surface area contributed by atoms with E-state index in [2.05, 4.69) is 9.71 Å². The number of pyridine rings is 1. The molecule has 8 nitrogen and oxygen atoms in total. The van der Waals surface area contributed by atoms with Crippen molar-refractivity contribution in [2.75, 3.05) is 31.0 Å². The number of hydrogen-bond acceptors (Lipinski definition) is 5. The van der Waals surface area contributed by atoms with Gasteiger partial charge < -0.3 is 9.84 Å². The van der Waals surface area contributed by atoms with Gasteiger partial charge in [0.2, 0.25) is 0 Å². The molecule has 9 heteroatoms. The number of carboxylic acid groups (broad SMARTS) is 1. The molecule has 0 unspecified atom stereocenters. The monoisotopic (exact) mass is 287 g/mol. The van der Waals surface area contributed by atoms with Crippen LogP contribution < -0.4 is 4.72 Å². The fourth-order valence-electron chi connectivity index (χ4n) is 1.65. The number of morpholine rings is 1. The summed E-state index contributed by atoms with van der Waals surface area (Å²) in [6, 6.07) is 1.24. The Bertz CT molecular complexity index is 568. The van der Waals surface area contributed by atoms with E-state index in [0.29, 0.717) is 13.2 Å². The van der Waals surface area contributed by atoms with E-state index in [1.54, 1.807) is 0 Å². The summed E-state index contributed by atoms with van der Waals surface area (Å²) in [6.45, 7) is 1.11. The van der Waals surface area contributed by atoms with Crippen LogP contribution in [0, 0.1) is 0 Å². The van der Waals surface area contributed by atoms with Crippen LogP contribution in [0.5, 0.6) is 0 Å². The molecule has 1 aliphatic rings. The standard InChI is InChI=1S/C10H13N3O5S/c14-10(15)8-1-2-11-7-9(8)12-19(16,17)13-3-5-18-6-4-13/h1-2,7,12H,3-6H2,(H,14,15). The second kappa shape index (κ2) is 5.51. The van der Waals surface area contributed by atoms with E-state index >= 15 is 0 Å². The summed E-state index contributed by atoms with van der Waals surface area (Å²) >= 11 is 0. The van der Waals surface area contributed by atoms with Gasteiger partial charge in [0.15, 0.2) is 0 Å². The first-order valence-corrected chi connectivity index (χ1v) is 6.97. The first-order chi connectivity index (χ1) is 9.00. The molecule has 2 rings (SSSR count). The molecule has 0 aromatic carbocycles. The smallest absolute Gasteiger partial charge is 0.337 e. The normalized spacial score (nSPS) is 17.1. The quantitative estimate of drug-likeness (QED) is 0.791. The number of rotatable bonds is 4. The molecule has 1 aromatic heterocycles. The van der Waals surface area contributed by atoms with Crippen molar-refractivity contribution in [3.05, 3.63) is 24.0 Å². The molecule has 0 bridgehead atoms. The number of aromatic carboxylic acids is 1. The molecule has 1 saturated heterocycles. The van der Waals surface area contributed by atoms with Crippen LogP contribution in [0.25, 0.3) is 0 Å². The molecule has 0 atom stereocenters. The summed E-state index contributed by atoms with van der Waals surface area (Å²) in [6.07, 6.45) is 2.46. The highest BCUT2D eigenvalue weighted by Crippen LogP contribution is 2.17. The lowest BCUT2D eigenvalue weighted by Gasteiger charge is -2.26. The largest absolute Gasteiger partial charge is 0.478 e. The Hall–Kier alpha value is -1.71. The van der Waals surface area contributed by atoms with E-state index in [1.807, 2.05) is 0 Å². The second-order valence-electron chi connectivity index (χ2n) is 3.84. The first kappa shape index (κ1) is 13.7. The third-order valence-corrected chi connectivity index (χ3v) is 4.12. The first-order valence-electron chi connectivity index (χ1n) is 5.53. The number of anilines is 1. The maximum Gasteiger partial charge on any atom is 0.337 e. The number of carbonyl (C=O) groups is 1. The molecule has 0 amide bonds. The van der Waals surface area contributed by atoms with Gasteiger partial charge in [-0.1, -0.05) is 0 Å². The van der Waals surface area contributed by atoms with Gasteiger partial charge in [0.25, 0.3) is 0 Å². The molecule has 19 heavy (non-hydrogen) atoms.